The molecule has 10 nitrogen and oxygen atoms in total. The largest absolute Gasteiger partial charge is 0.299 e. The number of benzene rings is 1. The van der Waals surface area contributed by atoms with Gasteiger partial charge in [-0.05, 0) is 53.9 Å². The lowest BCUT2D eigenvalue weighted by atomic mass is 9.97. The number of carbonyl (C=O) groups is 2. The Balaban J connectivity index is 1.64. The predicted octanol–water partition coefficient (Wildman–Crippen LogP) is 3.64. The number of hydrazone groups is 1. The molecular weight excluding hydrogens is 533 g/mol. The molecule has 0 saturated heterocycles. The highest BCUT2D eigenvalue weighted by molar-refractivity contribution is 7.95. The quantitative estimate of drug-likeness (QED) is 0.363. The average Bonchev–Trinajstić information content (AvgIpc) is 3.52. The van der Waals surface area contributed by atoms with Crippen molar-refractivity contribution in [2.75, 3.05) is 9.44 Å². The molecule has 2 aromatic heterocycles. The molecule has 1 fully saturated rings. The number of nitrogens with zero attached hydrogens (tertiary/aromatic N) is 1. The van der Waals surface area contributed by atoms with E-state index in [1.54, 1.807) is 22.9 Å². The Labute approximate surface area is 210 Å². The van der Waals surface area contributed by atoms with Gasteiger partial charge in [-0.2, -0.15) is 5.10 Å². The molecule has 0 atom stereocenters. The van der Waals surface area contributed by atoms with Crippen LogP contribution in [0.25, 0.3) is 0 Å². The molecule has 1 saturated carbocycles. The lowest BCUT2D eigenvalue weighted by Gasteiger charge is -2.14. The number of rotatable bonds is 8. The first-order chi connectivity index (χ1) is 16.6. The van der Waals surface area contributed by atoms with Gasteiger partial charge in [-0.3, -0.25) is 19.0 Å². The zero-order chi connectivity index (χ0) is 25.1. The van der Waals surface area contributed by atoms with Crippen LogP contribution in [0.1, 0.15) is 36.0 Å². The first kappa shape index (κ1) is 25.0. The summed E-state index contributed by atoms with van der Waals surface area (Å²) in [5.74, 6) is -0.649. The lowest BCUT2D eigenvalue weighted by molar-refractivity contribution is -0.118. The molecule has 14 heteroatoms. The maximum absolute atomic E-state index is 12.8. The van der Waals surface area contributed by atoms with Crippen molar-refractivity contribution in [1.82, 2.24) is 5.43 Å². The van der Waals surface area contributed by atoms with Crippen LogP contribution in [0.3, 0.4) is 0 Å². The molecule has 4 rings (SSSR count). The fourth-order valence-corrected chi connectivity index (χ4v) is 7.37. The second-order valence-corrected chi connectivity index (χ2v) is 13.3. The second-order valence-electron chi connectivity index (χ2n) is 7.56. The van der Waals surface area contributed by atoms with Gasteiger partial charge in [-0.25, -0.2) is 22.3 Å². The van der Waals surface area contributed by atoms with Gasteiger partial charge >= 0.3 is 0 Å². The number of amides is 1. The SMILES string of the molecule is O=C1CCCC(=NNC(=O)c2cc(NS(=O)(=O)c3cccs3)cc(NS(=O)(=O)c3cccs3)c2)C1. The standard InChI is InChI=1S/C21H20N4O6S4/c26-18-5-1-4-15(13-18)22-23-21(27)14-10-16(24-34(28,29)19-6-2-8-32-19)12-17(11-14)25-35(30,31)20-7-3-9-33-20/h2-3,6-12,24-25H,1,4-5,13H2,(H,23,27). The molecule has 2 heterocycles. The number of nitrogens with one attached hydrogen (secondary N) is 3. The van der Waals surface area contributed by atoms with E-state index in [-0.39, 0.29) is 37.6 Å². The molecule has 0 spiro atoms. The zero-order valence-corrected chi connectivity index (χ0v) is 21.3. The second kappa shape index (κ2) is 10.3. The monoisotopic (exact) mass is 552 g/mol. The molecule has 3 aromatic rings. The Morgan fingerprint density at radius 1 is 0.857 bits per heavy atom. The highest BCUT2D eigenvalue weighted by Crippen LogP contribution is 2.27. The van der Waals surface area contributed by atoms with Gasteiger partial charge < -0.3 is 0 Å². The lowest BCUT2D eigenvalue weighted by Crippen LogP contribution is -2.23. The summed E-state index contributed by atoms with van der Waals surface area (Å²) in [6.45, 7) is 0. The van der Waals surface area contributed by atoms with E-state index in [1.807, 2.05) is 0 Å². The van der Waals surface area contributed by atoms with E-state index in [0.717, 1.165) is 22.7 Å². The molecule has 0 aliphatic heterocycles. The van der Waals surface area contributed by atoms with Gasteiger partial charge in [0.2, 0.25) is 0 Å². The minimum atomic E-state index is -3.96. The zero-order valence-electron chi connectivity index (χ0n) is 18.1. The van der Waals surface area contributed by atoms with Gasteiger partial charge in [0.25, 0.3) is 26.0 Å². The predicted molar refractivity (Wildman–Crippen MR) is 135 cm³/mol. The van der Waals surface area contributed by atoms with Crippen molar-refractivity contribution in [2.45, 2.75) is 34.1 Å². The van der Waals surface area contributed by atoms with Crippen LogP contribution >= 0.6 is 22.7 Å². The molecule has 1 aliphatic rings. The van der Waals surface area contributed by atoms with Crippen LogP contribution in [-0.4, -0.2) is 34.2 Å². The first-order valence-electron chi connectivity index (χ1n) is 10.3. The minimum Gasteiger partial charge on any atom is -0.299 e. The smallest absolute Gasteiger partial charge is 0.271 e. The number of carbonyl (C=O) groups excluding carboxylic acids is 2. The molecule has 1 aromatic carbocycles. The number of Topliss-reactive ketones (excluding diaryl/α,β-unsaturated/α-hetero) is 1. The highest BCUT2D eigenvalue weighted by Gasteiger charge is 2.21. The normalized spacial score (nSPS) is 15.7. The molecule has 184 valence electrons. The van der Waals surface area contributed by atoms with Crippen molar-refractivity contribution in [3.63, 3.8) is 0 Å². The number of hydrogen-bond acceptors (Lipinski definition) is 9. The Morgan fingerprint density at radius 3 is 1.91 bits per heavy atom. The van der Waals surface area contributed by atoms with Crippen molar-refractivity contribution in [3.8, 4) is 0 Å². The van der Waals surface area contributed by atoms with Crippen molar-refractivity contribution < 1.29 is 26.4 Å². The van der Waals surface area contributed by atoms with E-state index >= 15 is 0 Å². The molecule has 1 aliphatic carbocycles. The topological polar surface area (TPSA) is 151 Å². The van der Waals surface area contributed by atoms with E-state index in [0.29, 0.717) is 25.0 Å². The maximum atomic E-state index is 12.8. The van der Waals surface area contributed by atoms with Crippen molar-refractivity contribution >= 4 is 71.5 Å². The minimum absolute atomic E-state index is 0.0181. The van der Waals surface area contributed by atoms with E-state index in [1.165, 1.54) is 30.3 Å². The Morgan fingerprint density at radius 2 is 1.43 bits per heavy atom. The van der Waals surface area contributed by atoms with E-state index in [2.05, 4.69) is 20.0 Å². The number of sulfonamides is 2. The summed E-state index contributed by atoms with van der Waals surface area (Å²) in [4.78, 5) is 24.4. The highest BCUT2D eigenvalue weighted by atomic mass is 32.3. The summed E-state index contributed by atoms with van der Waals surface area (Å²) in [5, 5.41) is 7.23. The van der Waals surface area contributed by atoms with Crippen molar-refractivity contribution in [2.24, 2.45) is 5.10 Å². The fraction of sp³-hybridized carbons (Fsp3) is 0.190. The van der Waals surface area contributed by atoms with Crippen LogP contribution in [0.4, 0.5) is 11.4 Å². The van der Waals surface area contributed by atoms with Crippen LogP contribution in [0.5, 0.6) is 0 Å². The van der Waals surface area contributed by atoms with Gasteiger partial charge in [0, 0.05) is 24.1 Å². The van der Waals surface area contributed by atoms with Crippen LogP contribution < -0.4 is 14.9 Å². The van der Waals surface area contributed by atoms with Crippen LogP contribution in [0.15, 0.2) is 66.7 Å². The Hall–Kier alpha value is -3.07. The molecular formula is C21H20N4O6S4. The molecule has 35 heavy (non-hydrogen) atoms. The summed E-state index contributed by atoms with van der Waals surface area (Å²) < 4.78 is 55.7. The van der Waals surface area contributed by atoms with E-state index < -0.39 is 26.0 Å². The van der Waals surface area contributed by atoms with E-state index in [9.17, 15) is 26.4 Å². The molecule has 0 unspecified atom stereocenters. The number of hydrogen-bond donors (Lipinski definition) is 3. The van der Waals surface area contributed by atoms with Gasteiger partial charge in [-0.1, -0.05) is 12.1 Å². The fourth-order valence-electron chi connectivity index (χ4n) is 3.30. The molecule has 1 amide bonds. The summed E-state index contributed by atoms with van der Waals surface area (Å²) in [6, 6.07) is 9.83. The van der Waals surface area contributed by atoms with Crippen molar-refractivity contribution in [3.05, 3.63) is 58.8 Å². The number of thiophene rings is 2. The number of anilines is 2. The third-order valence-corrected chi connectivity index (χ3v) is 10.4. The molecule has 3 N–H and O–H groups in total. The van der Waals surface area contributed by atoms with Gasteiger partial charge in [-0.15, -0.1) is 22.7 Å². The first-order valence-corrected chi connectivity index (χ1v) is 15.0. The average molecular weight is 553 g/mol. The maximum Gasteiger partial charge on any atom is 0.271 e. The molecule has 0 bridgehead atoms. The van der Waals surface area contributed by atoms with Crippen LogP contribution in [0.2, 0.25) is 0 Å². The summed E-state index contributed by atoms with van der Waals surface area (Å²) in [7, 11) is -7.91. The Bertz CT molecular complexity index is 1390. The van der Waals surface area contributed by atoms with Gasteiger partial charge in [0.1, 0.15) is 14.2 Å². The van der Waals surface area contributed by atoms with E-state index in [4.69, 9.17) is 0 Å². The van der Waals surface area contributed by atoms with Gasteiger partial charge in [0.15, 0.2) is 0 Å². The summed E-state index contributed by atoms with van der Waals surface area (Å²) in [6.07, 6.45) is 1.88. The summed E-state index contributed by atoms with van der Waals surface area (Å²) in [5.41, 5.74) is 2.84. The third kappa shape index (κ3) is 6.33. The van der Waals surface area contributed by atoms with Gasteiger partial charge in [0.05, 0.1) is 11.4 Å². The van der Waals surface area contributed by atoms with Crippen LogP contribution in [-0.2, 0) is 24.8 Å². The third-order valence-electron chi connectivity index (χ3n) is 4.86. The number of ketones is 1. The molecule has 0 radical (unpaired) electrons. The Kier molecular flexibility index (Phi) is 7.35. The summed E-state index contributed by atoms with van der Waals surface area (Å²) >= 11 is 2.02. The van der Waals surface area contributed by atoms with Crippen molar-refractivity contribution in [1.29, 1.82) is 0 Å². The van der Waals surface area contributed by atoms with Crippen LogP contribution in [0, 0.1) is 0 Å².